The van der Waals surface area contributed by atoms with Gasteiger partial charge in [-0.2, -0.15) is 0 Å². The molecule has 0 spiro atoms. The zero-order valence-electron chi connectivity index (χ0n) is 19.7. The summed E-state index contributed by atoms with van der Waals surface area (Å²) in [5.41, 5.74) is 7.12. The number of rotatable bonds is 5. The number of fused-ring (bicyclic) bond motifs is 2. The standard InChI is InChI=1S/C24H25N5O6/c1-11-12-7-8-15(14(12)6-5-13(11)22(34)35-24(2,3)4)26-20(31)16-9-18(21(32)33)29-10-17(19(25)30)28-23(29)27-16/h5-6,9-10,15H,7-8H2,1-4H3,(H2,25,30)(H,26,31)(H,32,33)/t15-/m0/s1. The maximum absolute atomic E-state index is 13.0. The van der Waals surface area contributed by atoms with E-state index in [0.717, 1.165) is 33.4 Å². The van der Waals surface area contributed by atoms with E-state index >= 15 is 0 Å². The molecule has 11 heteroatoms. The normalized spacial score (nSPS) is 15.0. The van der Waals surface area contributed by atoms with Crippen LogP contribution in [0.4, 0.5) is 0 Å². The van der Waals surface area contributed by atoms with Crippen LogP contribution in [0.25, 0.3) is 5.78 Å². The number of benzene rings is 1. The van der Waals surface area contributed by atoms with Gasteiger partial charge in [-0.05, 0) is 63.3 Å². The minimum absolute atomic E-state index is 0.131. The number of ether oxygens (including phenoxy) is 1. The summed E-state index contributed by atoms with van der Waals surface area (Å²) < 4.78 is 6.58. The van der Waals surface area contributed by atoms with Crippen LogP contribution >= 0.6 is 0 Å². The summed E-state index contributed by atoms with van der Waals surface area (Å²) in [4.78, 5) is 56.8. The Morgan fingerprint density at radius 3 is 2.49 bits per heavy atom. The third kappa shape index (κ3) is 4.57. The van der Waals surface area contributed by atoms with Gasteiger partial charge in [-0.1, -0.05) is 6.07 Å². The van der Waals surface area contributed by atoms with Gasteiger partial charge in [0.05, 0.1) is 11.6 Å². The molecule has 2 heterocycles. The van der Waals surface area contributed by atoms with E-state index in [1.54, 1.807) is 32.9 Å². The Morgan fingerprint density at radius 2 is 1.86 bits per heavy atom. The number of aromatic nitrogens is 3. The first-order valence-electron chi connectivity index (χ1n) is 11.0. The van der Waals surface area contributed by atoms with Gasteiger partial charge in [-0.25, -0.2) is 19.6 Å². The van der Waals surface area contributed by atoms with Crippen LogP contribution in [-0.4, -0.2) is 48.8 Å². The van der Waals surface area contributed by atoms with Gasteiger partial charge in [0.15, 0.2) is 0 Å². The second-order valence-electron chi connectivity index (χ2n) is 9.36. The molecule has 2 amide bonds. The Kier molecular flexibility index (Phi) is 5.79. The average Bonchev–Trinajstić information content (AvgIpc) is 3.36. The number of aromatic carboxylic acids is 1. The number of nitrogens with one attached hydrogen (secondary N) is 1. The van der Waals surface area contributed by atoms with Crippen LogP contribution in [0.3, 0.4) is 0 Å². The van der Waals surface area contributed by atoms with Crippen molar-refractivity contribution >= 4 is 29.5 Å². The second kappa shape index (κ2) is 8.49. The molecule has 4 rings (SSSR count). The smallest absolute Gasteiger partial charge is 0.353 e. The quantitative estimate of drug-likeness (QED) is 0.468. The van der Waals surface area contributed by atoms with Gasteiger partial charge in [0.25, 0.3) is 11.8 Å². The SMILES string of the molecule is Cc1c(C(=O)OC(C)(C)C)ccc2c1CC[C@@H]2NC(=O)c1cc(C(=O)O)n2cc(C(N)=O)nc2n1. The van der Waals surface area contributed by atoms with Crippen molar-refractivity contribution in [2.45, 2.75) is 52.2 Å². The Labute approximate surface area is 200 Å². The van der Waals surface area contributed by atoms with Gasteiger partial charge >= 0.3 is 11.9 Å². The van der Waals surface area contributed by atoms with Crippen LogP contribution < -0.4 is 11.1 Å². The fraction of sp³-hybridized carbons (Fsp3) is 0.333. The van der Waals surface area contributed by atoms with E-state index in [2.05, 4.69) is 15.3 Å². The Hall–Kier alpha value is -4.28. The lowest BCUT2D eigenvalue weighted by atomic mass is 9.97. The number of imidazole rings is 1. The first-order valence-corrected chi connectivity index (χ1v) is 11.0. The minimum atomic E-state index is -1.32. The number of hydrogen-bond acceptors (Lipinski definition) is 7. The zero-order chi connectivity index (χ0) is 25.7. The van der Waals surface area contributed by atoms with E-state index in [1.807, 2.05) is 6.92 Å². The molecule has 0 unspecified atom stereocenters. The van der Waals surface area contributed by atoms with Crippen LogP contribution in [-0.2, 0) is 11.2 Å². The third-order valence-electron chi connectivity index (χ3n) is 5.76. The number of esters is 1. The van der Waals surface area contributed by atoms with Crippen LogP contribution in [0.2, 0.25) is 0 Å². The summed E-state index contributed by atoms with van der Waals surface area (Å²) in [7, 11) is 0. The minimum Gasteiger partial charge on any atom is -0.477 e. The summed E-state index contributed by atoms with van der Waals surface area (Å²) in [6.45, 7) is 7.26. The van der Waals surface area contributed by atoms with Gasteiger partial charge in [0.1, 0.15) is 22.7 Å². The molecule has 0 radical (unpaired) electrons. The lowest BCUT2D eigenvalue weighted by molar-refractivity contribution is 0.00681. The highest BCUT2D eigenvalue weighted by Crippen LogP contribution is 2.35. The number of carboxylic acids is 1. The molecule has 4 N–H and O–H groups in total. The van der Waals surface area contributed by atoms with E-state index in [-0.39, 0.29) is 28.9 Å². The number of hydrogen-bond donors (Lipinski definition) is 3. The van der Waals surface area contributed by atoms with Crippen molar-refractivity contribution in [1.29, 1.82) is 0 Å². The molecule has 0 aliphatic heterocycles. The lowest BCUT2D eigenvalue weighted by Crippen LogP contribution is -2.29. The molecule has 11 nitrogen and oxygen atoms in total. The molecule has 0 saturated heterocycles. The second-order valence-corrected chi connectivity index (χ2v) is 9.36. The first-order chi connectivity index (χ1) is 16.4. The van der Waals surface area contributed by atoms with Crippen molar-refractivity contribution < 1.29 is 29.0 Å². The van der Waals surface area contributed by atoms with Crippen LogP contribution in [0.5, 0.6) is 0 Å². The van der Waals surface area contributed by atoms with Gasteiger partial charge in [-0.3, -0.25) is 14.0 Å². The highest BCUT2D eigenvalue weighted by Gasteiger charge is 2.30. The van der Waals surface area contributed by atoms with Crippen molar-refractivity contribution in [1.82, 2.24) is 19.7 Å². The highest BCUT2D eigenvalue weighted by atomic mass is 16.6. The van der Waals surface area contributed by atoms with E-state index in [4.69, 9.17) is 10.5 Å². The first kappa shape index (κ1) is 23.9. The molecule has 2 aromatic heterocycles. The van der Waals surface area contributed by atoms with Crippen LogP contribution in [0.1, 0.15) is 91.7 Å². The molecule has 0 fully saturated rings. The summed E-state index contributed by atoms with van der Waals surface area (Å²) in [6, 6.07) is 4.25. The molecule has 0 bridgehead atoms. The number of nitrogens with two attached hydrogens (primary N) is 1. The van der Waals surface area contributed by atoms with E-state index in [0.29, 0.717) is 18.4 Å². The predicted molar refractivity (Wildman–Crippen MR) is 123 cm³/mol. The van der Waals surface area contributed by atoms with Crippen molar-refractivity contribution in [2.24, 2.45) is 5.73 Å². The van der Waals surface area contributed by atoms with Crippen molar-refractivity contribution in [3.8, 4) is 0 Å². The Bertz CT molecular complexity index is 1400. The summed E-state index contributed by atoms with van der Waals surface area (Å²) >= 11 is 0. The third-order valence-corrected chi connectivity index (χ3v) is 5.76. The fourth-order valence-corrected chi connectivity index (χ4v) is 4.18. The van der Waals surface area contributed by atoms with Crippen LogP contribution in [0.15, 0.2) is 24.4 Å². The van der Waals surface area contributed by atoms with Gasteiger partial charge in [0.2, 0.25) is 5.78 Å². The summed E-state index contributed by atoms with van der Waals surface area (Å²) in [5.74, 6) is -3.30. The van der Waals surface area contributed by atoms with E-state index in [1.165, 1.54) is 0 Å². The molecule has 1 aliphatic carbocycles. The van der Waals surface area contributed by atoms with Crippen molar-refractivity contribution in [2.75, 3.05) is 0 Å². The lowest BCUT2D eigenvalue weighted by Gasteiger charge is -2.21. The number of primary amides is 1. The molecular weight excluding hydrogens is 454 g/mol. The number of carbonyl (C=O) groups is 4. The number of amides is 2. The topological polar surface area (TPSA) is 166 Å². The van der Waals surface area contributed by atoms with Crippen molar-refractivity contribution in [3.63, 3.8) is 0 Å². The Morgan fingerprint density at radius 1 is 1.17 bits per heavy atom. The Balaban J connectivity index is 1.62. The summed E-state index contributed by atoms with van der Waals surface area (Å²) in [5, 5.41) is 12.4. The summed E-state index contributed by atoms with van der Waals surface area (Å²) in [6.07, 6.45) is 2.41. The van der Waals surface area contributed by atoms with Gasteiger partial charge < -0.3 is 20.9 Å². The monoisotopic (exact) mass is 479 g/mol. The molecule has 1 aliphatic rings. The fourth-order valence-electron chi connectivity index (χ4n) is 4.18. The van der Waals surface area contributed by atoms with Crippen molar-refractivity contribution in [3.05, 3.63) is 63.7 Å². The van der Waals surface area contributed by atoms with E-state index in [9.17, 15) is 24.3 Å². The highest BCUT2D eigenvalue weighted by molar-refractivity contribution is 5.97. The van der Waals surface area contributed by atoms with E-state index < -0.39 is 29.4 Å². The zero-order valence-corrected chi connectivity index (χ0v) is 19.7. The van der Waals surface area contributed by atoms with Crippen LogP contribution in [0, 0.1) is 6.92 Å². The number of carboxylic acid groups (broad SMARTS) is 1. The molecule has 1 aromatic carbocycles. The molecular formula is C24H25N5O6. The predicted octanol–water partition coefficient (Wildman–Crippen LogP) is 2.21. The molecule has 1 atom stereocenters. The largest absolute Gasteiger partial charge is 0.477 e. The number of carbonyl (C=O) groups excluding carboxylic acids is 3. The molecule has 3 aromatic rings. The molecule has 182 valence electrons. The number of nitrogens with zero attached hydrogens (tertiary/aromatic N) is 3. The molecule has 35 heavy (non-hydrogen) atoms. The van der Waals surface area contributed by atoms with Gasteiger partial charge in [-0.15, -0.1) is 0 Å². The average molecular weight is 479 g/mol. The van der Waals surface area contributed by atoms with Gasteiger partial charge in [0, 0.05) is 12.3 Å². The maximum atomic E-state index is 13.0. The molecule has 0 saturated carbocycles. The maximum Gasteiger partial charge on any atom is 0.353 e.